The van der Waals surface area contributed by atoms with Crippen LogP contribution in [0.15, 0.2) is 34.8 Å². The Hall–Kier alpha value is -0.800. The van der Waals surface area contributed by atoms with Crippen molar-refractivity contribution in [1.29, 1.82) is 0 Å². The molecule has 19 heavy (non-hydrogen) atoms. The van der Waals surface area contributed by atoms with Crippen molar-refractivity contribution >= 4 is 15.9 Å². The molecule has 106 valence electrons. The van der Waals surface area contributed by atoms with Gasteiger partial charge in [-0.2, -0.15) is 0 Å². The second kappa shape index (κ2) is 8.39. The van der Waals surface area contributed by atoms with Crippen molar-refractivity contribution < 1.29 is 4.74 Å². The molecule has 1 aromatic rings. The summed E-state index contributed by atoms with van der Waals surface area (Å²) in [5, 5.41) is 3.49. The molecule has 0 spiro atoms. The number of benzene rings is 1. The standard InChI is InChI=1S/C16H24BrNO/c1-5-9-18-13(4)15-8-7-14(17)10-16(15)19-11-12(3)6-2/h7-8,10,13,18H,3,5-6,9,11H2,1-2,4H3. The monoisotopic (exact) mass is 325 g/mol. The smallest absolute Gasteiger partial charge is 0.125 e. The maximum atomic E-state index is 5.90. The van der Waals surface area contributed by atoms with Crippen LogP contribution in [0.4, 0.5) is 0 Å². The van der Waals surface area contributed by atoms with E-state index >= 15 is 0 Å². The van der Waals surface area contributed by atoms with Crippen LogP contribution in [0.3, 0.4) is 0 Å². The fraction of sp³-hybridized carbons (Fsp3) is 0.500. The predicted molar refractivity (Wildman–Crippen MR) is 85.8 cm³/mol. The topological polar surface area (TPSA) is 21.3 Å². The highest BCUT2D eigenvalue weighted by atomic mass is 79.9. The average Bonchev–Trinajstić information content (AvgIpc) is 2.42. The molecule has 0 amide bonds. The average molecular weight is 326 g/mol. The summed E-state index contributed by atoms with van der Waals surface area (Å²) in [7, 11) is 0. The van der Waals surface area contributed by atoms with E-state index in [9.17, 15) is 0 Å². The maximum absolute atomic E-state index is 5.90. The summed E-state index contributed by atoms with van der Waals surface area (Å²) < 4.78 is 6.94. The highest BCUT2D eigenvalue weighted by molar-refractivity contribution is 9.10. The van der Waals surface area contributed by atoms with E-state index in [0.29, 0.717) is 6.61 Å². The van der Waals surface area contributed by atoms with Gasteiger partial charge in [0.25, 0.3) is 0 Å². The second-order valence-electron chi connectivity index (χ2n) is 4.75. The van der Waals surface area contributed by atoms with Crippen LogP contribution in [0.25, 0.3) is 0 Å². The Labute approximate surface area is 125 Å². The first-order valence-corrected chi connectivity index (χ1v) is 7.70. The molecule has 1 N–H and O–H groups in total. The Morgan fingerprint density at radius 3 is 2.79 bits per heavy atom. The molecule has 0 aromatic heterocycles. The van der Waals surface area contributed by atoms with E-state index in [1.54, 1.807) is 0 Å². The molecular formula is C16H24BrNO. The molecule has 0 aliphatic rings. The van der Waals surface area contributed by atoms with Crippen LogP contribution in [0.1, 0.15) is 45.2 Å². The minimum atomic E-state index is 0.290. The van der Waals surface area contributed by atoms with Crippen molar-refractivity contribution in [3.63, 3.8) is 0 Å². The van der Waals surface area contributed by atoms with E-state index in [4.69, 9.17) is 4.74 Å². The largest absolute Gasteiger partial charge is 0.489 e. The molecule has 0 fully saturated rings. The molecule has 0 aliphatic carbocycles. The van der Waals surface area contributed by atoms with Crippen molar-refractivity contribution in [2.75, 3.05) is 13.2 Å². The Balaban J connectivity index is 2.81. The first kappa shape index (κ1) is 16.3. The molecule has 1 atom stereocenters. The fourth-order valence-corrected chi connectivity index (χ4v) is 2.08. The molecular weight excluding hydrogens is 302 g/mol. The zero-order valence-corrected chi connectivity index (χ0v) is 13.7. The van der Waals surface area contributed by atoms with Gasteiger partial charge in [0.1, 0.15) is 12.4 Å². The zero-order chi connectivity index (χ0) is 14.3. The second-order valence-corrected chi connectivity index (χ2v) is 5.67. The van der Waals surface area contributed by atoms with Crippen molar-refractivity contribution in [2.45, 2.75) is 39.7 Å². The van der Waals surface area contributed by atoms with Gasteiger partial charge in [0.15, 0.2) is 0 Å². The highest BCUT2D eigenvalue weighted by Crippen LogP contribution is 2.29. The Bertz CT molecular complexity index is 417. The summed E-state index contributed by atoms with van der Waals surface area (Å²) in [6, 6.07) is 6.49. The van der Waals surface area contributed by atoms with Gasteiger partial charge in [-0.3, -0.25) is 0 Å². The molecule has 0 saturated heterocycles. The molecule has 1 aromatic carbocycles. The van der Waals surface area contributed by atoms with Crippen LogP contribution < -0.4 is 10.1 Å². The van der Waals surface area contributed by atoms with Gasteiger partial charge in [0.2, 0.25) is 0 Å². The summed E-state index contributed by atoms with van der Waals surface area (Å²) in [5.74, 6) is 0.931. The van der Waals surface area contributed by atoms with E-state index in [-0.39, 0.29) is 6.04 Å². The first-order chi connectivity index (χ1) is 9.08. The van der Waals surface area contributed by atoms with E-state index in [1.165, 1.54) is 5.56 Å². The molecule has 0 aliphatic heterocycles. The van der Waals surface area contributed by atoms with Crippen LogP contribution >= 0.6 is 15.9 Å². The molecule has 3 heteroatoms. The van der Waals surface area contributed by atoms with Crippen LogP contribution in [0.2, 0.25) is 0 Å². The molecule has 2 nitrogen and oxygen atoms in total. The lowest BCUT2D eigenvalue weighted by Crippen LogP contribution is -2.20. The Kier molecular flexibility index (Phi) is 7.17. The Morgan fingerprint density at radius 2 is 2.16 bits per heavy atom. The molecule has 0 saturated carbocycles. The SMILES string of the molecule is C=C(CC)COc1cc(Br)ccc1C(C)NCCC. The van der Waals surface area contributed by atoms with Crippen molar-refractivity contribution in [3.05, 3.63) is 40.4 Å². The molecule has 0 bridgehead atoms. The normalized spacial score (nSPS) is 12.2. The summed E-state index contributed by atoms with van der Waals surface area (Å²) in [6.45, 7) is 12.0. The summed E-state index contributed by atoms with van der Waals surface area (Å²) in [6.07, 6.45) is 2.08. The third-order valence-corrected chi connectivity index (χ3v) is 3.57. The van der Waals surface area contributed by atoms with E-state index < -0.39 is 0 Å². The van der Waals surface area contributed by atoms with Gasteiger partial charge in [-0.1, -0.05) is 42.4 Å². The first-order valence-electron chi connectivity index (χ1n) is 6.90. The fourth-order valence-electron chi connectivity index (χ4n) is 1.74. The van der Waals surface area contributed by atoms with Gasteiger partial charge in [0, 0.05) is 16.1 Å². The lowest BCUT2D eigenvalue weighted by atomic mass is 10.1. The lowest BCUT2D eigenvalue weighted by Gasteiger charge is -2.19. The van der Waals surface area contributed by atoms with Gasteiger partial charge in [-0.05, 0) is 44.0 Å². The number of ether oxygens (including phenoxy) is 1. The third kappa shape index (κ3) is 5.37. The number of hydrogen-bond donors (Lipinski definition) is 1. The number of hydrogen-bond acceptors (Lipinski definition) is 2. The quantitative estimate of drug-likeness (QED) is 0.689. The molecule has 1 rings (SSSR count). The van der Waals surface area contributed by atoms with Crippen LogP contribution in [-0.2, 0) is 0 Å². The number of nitrogens with one attached hydrogen (secondary N) is 1. The minimum absolute atomic E-state index is 0.290. The van der Waals surface area contributed by atoms with E-state index in [1.807, 2.05) is 6.07 Å². The predicted octanol–water partition coefficient (Wildman–Crippen LogP) is 4.85. The minimum Gasteiger partial charge on any atom is -0.489 e. The van der Waals surface area contributed by atoms with Gasteiger partial charge in [-0.25, -0.2) is 0 Å². The Morgan fingerprint density at radius 1 is 1.42 bits per heavy atom. The van der Waals surface area contributed by atoms with Gasteiger partial charge < -0.3 is 10.1 Å². The molecule has 0 heterocycles. The summed E-state index contributed by atoms with van der Waals surface area (Å²) in [5.41, 5.74) is 2.31. The maximum Gasteiger partial charge on any atom is 0.125 e. The van der Waals surface area contributed by atoms with Crippen LogP contribution in [-0.4, -0.2) is 13.2 Å². The summed E-state index contributed by atoms with van der Waals surface area (Å²) >= 11 is 3.50. The van der Waals surface area contributed by atoms with Gasteiger partial charge >= 0.3 is 0 Å². The van der Waals surface area contributed by atoms with Gasteiger partial charge in [0.05, 0.1) is 0 Å². The van der Waals surface area contributed by atoms with Crippen LogP contribution in [0.5, 0.6) is 5.75 Å². The summed E-state index contributed by atoms with van der Waals surface area (Å²) in [4.78, 5) is 0. The third-order valence-electron chi connectivity index (χ3n) is 3.07. The number of rotatable bonds is 8. The lowest BCUT2D eigenvalue weighted by molar-refractivity contribution is 0.340. The molecule has 1 unspecified atom stereocenters. The van der Waals surface area contributed by atoms with Crippen molar-refractivity contribution in [3.8, 4) is 5.75 Å². The van der Waals surface area contributed by atoms with Crippen molar-refractivity contribution in [1.82, 2.24) is 5.32 Å². The number of halogens is 1. The van der Waals surface area contributed by atoms with Crippen molar-refractivity contribution in [2.24, 2.45) is 0 Å². The highest BCUT2D eigenvalue weighted by Gasteiger charge is 2.11. The molecule has 0 radical (unpaired) electrons. The zero-order valence-electron chi connectivity index (χ0n) is 12.1. The van der Waals surface area contributed by atoms with Crippen LogP contribution in [0, 0.1) is 0 Å². The van der Waals surface area contributed by atoms with E-state index in [0.717, 1.165) is 35.2 Å². The van der Waals surface area contributed by atoms with E-state index in [2.05, 4.69) is 60.7 Å². The van der Waals surface area contributed by atoms with Gasteiger partial charge in [-0.15, -0.1) is 0 Å².